The summed E-state index contributed by atoms with van der Waals surface area (Å²) >= 11 is 0. The van der Waals surface area contributed by atoms with E-state index < -0.39 is 0 Å². The van der Waals surface area contributed by atoms with Crippen molar-refractivity contribution in [1.29, 1.82) is 0 Å². The summed E-state index contributed by atoms with van der Waals surface area (Å²) in [6.45, 7) is 3.48. The van der Waals surface area contributed by atoms with E-state index in [1.807, 2.05) is 0 Å². The van der Waals surface area contributed by atoms with Crippen LogP contribution in [0.2, 0.25) is 0 Å². The molecule has 0 spiro atoms. The first-order valence-corrected chi connectivity index (χ1v) is 7.68. The minimum Gasteiger partial charge on any atom is -0.323 e. The fourth-order valence-corrected chi connectivity index (χ4v) is 4.33. The van der Waals surface area contributed by atoms with Crippen molar-refractivity contribution in [3.63, 3.8) is 0 Å². The molecule has 1 aromatic carbocycles. The largest absolute Gasteiger partial charge is 0.323 e. The van der Waals surface area contributed by atoms with Crippen molar-refractivity contribution < 1.29 is 9.18 Å². The van der Waals surface area contributed by atoms with Gasteiger partial charge in [0.25, 0.3) is 0 Å². The van der Waals surface area contributed by atoms with Crippen molar-refractivity contribution in [3.05, 3.63) is 41.7 Å². The highest BCUT2D eigenvalue weighted by Gasteiger charge is 2.44. The summed E-state index contributed by atoms with van der Waals surface area (Å²) < 4.78 is 12.9. The number of halogens is 1. The van der Waals surface area contributed by atoms with E-state index in [1.165, 1.54) is 37.1 Å². The molecule has 0 radical (unpaired) electrons. The molecule has 4 fully saturated rings. The average Bonchev–Trinajstić information content (AvgIpc) is 2.45. The second kappa shape index (κ2) is 4.95. The summed E-state index contributed by atoms with van der Waals surface area (Å²) in [5, 5.41) is 2.83. The molecule has 3 heterocycles. The zero-order valence-corrected chi connectivity index (χ0v) is 11.9. The number of carbonyl (C=O) groups is 1. The van der Waals surface area contributed by atoms with E-state index in [9.17, 15) is 9.18 Å². The third-order valence-electron chi connectivity index (χ3n) is 5.06. The molecular weight excluding hydrogens is 267 g/mol. The maximum atomic E-state index is 12.9. The second-order valence-corrected chi connectivity index (χ2v) is 6.59. The number of benzene rings is 1. The van der Waals surface area contributed by atoms with E-state index in [-0.39, 0.29) is 11.7 Å². The fourth-order valence-electron chi connectivity index (χ4n) is 4.33. The molecule has 3 nitrogen and oxygen atoms in total. The first kappa shape index (κ1) is 13.0. The first-order chi connectivity index (χ1) is 10.2. The topological polar surface area (TPSA) is 32.3 Å². The van der Waals surface area contributed by atoms with Gasteiger partial charge in [-0.3, -0.25) is 4.79 Å². The highest BCUT2D eigenvalue weighted by atomic mass is 19.1. The van der Waals surface area contributed by atoms with Gasteiger partial charge in [0.2, 0.25) is 5.91 Å². The lowest BCUT2D eigenvalue weighted by molar-refractivity contribution is -0.112. The van der Waals surface area contributed by atoms with Crippen LogP contribution >= 0.6 is 0 Å². The van der Waals surface area contributed by atoms with Gasteiger partial charge < -0.3 is 10.2 Å². The summed E-state index contributed by atoms with van der Waals surface area (Å²) in [5.74, 6) is 1.59. The highest BCUT2D eigenvalue weighted by Crippen LogP contribution is 2.46. The molecule has 4 heteroatoms. The highest BCUT2D eigenvalue weighted by molar-refractivity contribution is 5.99. The molecule has 2 unspecified atom stereocenters. The predicted molar refractivity (Wildman–Crippen MR) is 79.3 cm³/mol. The Morgan fingerprint density at radius 1 is 1.14 bits per heavy atom. The molecule has 5 rings (SSSR count). The van der Waals surface area contributed by atoms with Crippen molar-refractivity contribution in [1.82, 2.24) is 4.90 Å². The van der Waals surface area contributed by atoms with E-state index in [1.54, 1.807) is 18.2 Å². The van der Waals surface area contributed by atoms with Crippen LogP contribution < -0.4 is 5.32 Å². The molecule has 1 aliphatic carbocycles. The number of nitrogens with zero attached hydrogens (tertiary/aromatic N) is 1. The molecule has 2 atom stereocenters. The van der Waals surface area contributed by atoms with Crippen LogP contribution in [0.25, 0.3) is 0 Å². The molecule has 4 bridgehead atoms. The van der Waals surface area contributed by atoms with Gasteiger partial charge in [-0.1, -0.05) is 5.57 Å². The fraction of sp³-hybridized carbons (Fsp3) is 0.471. The van der Waals surface area contributed by atoms with Gasteiger partial charge in [0.1, 0.15) is 5.82 Å². The zero-order chi connectivity index (χ0) is 14.4. The van der Waals surface area contributed by atoms with Gasteiger partial charge in [-0.2, -0.15) is 0 Å². The van der Waals surface area contributed by atoms with Crippen molar-refractivity contribution in [2.45, 2.75) is 12.8 Å². The molecule has 0 aromatic heterocycles. The third-order valence-corrected chi connectivity index (χ3v) is 5.06. The summed E-state index contributed by atoms with van der Waals surface area (Å²) in [6, 6.07) is 5.90. The maximum absolute atomic E-state index is 12.9. The van der Waals surface area contributed by atoms with Crippen LogP contribution in [0.3, 0.4) is 0 Å². The predicted octanol–water partition coefficient (Wildman–Crippen LogP) is 2.66. The summed E-state index contributed by atoms with van der Waals surface area (Å²) in [7, 11) is 0. The summed E-state index contributed by atoms with van der Waals surface area (Å²) in [6.07, 6.45) is 4.28. The van der Waals surface area contributed by atoms with Gasteiger partial charge in [0.15, 0.2) is 0 Å². The van der Waals surface area contributed by atoms with Crippen LogP contribution in [0.4, 0.5) is 10.1 Å². The smallest absolute Gasteiger partial charge is 0.248 e. The Labute approximate surface area is 123 Å². The number of nitrogens with one attached hydrogen (secondary N) is 1. The lowest BCUT2D eigenvalue weighted by Gasteiger charge is -2.53. The molecule has 1 N–H and O–H groups in total. The Balaban J connectivity index is 1.49. The lowest BCUT2D eigenvalue weighted by Crippen LogP contribution is -2.54. The molecule has 110 valence electrons. The van der Waals surface area contributed by atoms with Gasteiger partial charge in [-0.15, -0.1) is 0 Å². The number of amides is 1. The quantitative estimate of drug-likeness (QED) is 0.848. The Kier molecular flexibility index (Phi) is 3.07. The standard InChI is InChI=1S/C17H19FN2O/c18-14-1-3-15(4-2-14)19-17(21)7-16-12-5-11-6-13(16)10-20(8-11)9-12/h1-4,7,11-13H,5-6,8-10H2,(H,19,21). The molecule has 4 aliphatic rings. The van der Waals surface area contributed by atoms with Gasteiger partial charge in [0.05, 0.1) is 0 Å². The van der Waals surface area contributed by atoms with Crippen LogP contribution in [0.5, 0.6) is 0 Å². The molecule has 1 aromatic rings. The Hall–Kier alpha value is -1.68. The number of rotatable bonds is 2. The summed E-state index contributed by atoms with van der Waals surface area (Å²) in [4.78, 5) is 14.7. The molecule has 1 saturated carbocycles. The molecular formula is C17H19FN2O. The van der Waals surface area contributed by atoms with E-state index >= 15 is 0 Å². The van der Waals surface area contributed by atoms with Crippen LogP contribution in [0.15, 0.2) is 35.9 Å². The van der Waals surface area contributed by atoms with E-state index in [0.29, 0.717) is 17.5 Å². The van der Waals surface area contributed by atoms with Crippen molar-refractivity contribution in [3.8, 4) is 0 Å². The number of hydrogen-bond donors (Lipinski definition) is 1. The molecule has 3 aliphatic heterocycles. The van der Waals surface area contributed by atoms with Gasteiger partial charge in [-0.05, 0) is 54.9 Å². The number of piperidine rings is 3. The van der Waals surface area contributed by atoms with E-state index in [2.05, 4.69) is 10.2 Å². The van der Waals surface area contributed by atoms with Gasteiger partial charge >= 0.3 is 0 Å². The minimum absolute atomic E-state index is 0.0842. The second-order valence-electron chi connectivity index (χ2n) is 6.59. The first-order valence-electron chi connectivity index (χ1n) is 7.68. The van der Waals surface area contributed by atoms with Gasteiger partial charge in [-0.25, -0.2) is 4.39 Å². The van der Waals surface area contributed by atoms with Crippen LogP contribution in [-0.2, 0) is 4.79 Å². The molecule has 21 heavy (non-hydrogen) atoms. The van der Waals surface area contributed by atoms with Crippen molar-refractivity contribution >= 4 is 11.6 Å². The van der Waals surface area contributed by atoms with Crippen LogP contribution in [0, 0.1) is 23.6 Å². The lowest BCUT2D eigenvalue weighted by atomic mass is 9.65. The number of hydrogen-bond acceptors (Lipinski definition) is 2. The monoisotopic (exact) mass is 286 g/mol. The van der Waals surface area contributed by atoms with Gasteiger partial charge in [0, 0.05) is 31.4 Å². The number of carbonyl (C=O) groups excluding carboxylic acids is 1. The third kappa shape index (κ3) is 2.48. The van der Waals surface area contributed by atoms with Crippen LogP contribution in [0.1, 0.15) is 12.8 Å². The maximum Gasteiger partial charge on any atom is 0.248 e. The summed E-state index contributed by atoms with van der Waals surface area (Å²) in [5.41, 5.74) is 1.98. The Morgan fingerprint density at radius 2 is 1.81 bits per heavy atom. The van der Waals surface area contributed by atoms with Crippen molar-refractivity contribution in [2.24, 2.45) is 17.8 Å². The normalized spacial score (nSPS) is 33.1. The average molecular weight is 286 g/mol. The Bertz CT molecular complexity index is 563. The Morgan fingerprint density at radius 3 is 2.43 bits per heavy atom. The van der Waals surface area contributed by atoms with Crippen molar-refractivity contribution in [2.75, 3.05) is 25.0 Å². The van der Waals surface area contributed by atoms with E-state index in [0.717, 1.165) is 19.0 Å². The van der Waals surface area contributed by atoms with E-state index in [4.69, 9.17) is 0 Å². The zero-order valence-electron chi connectivity index (χ0n) is 11.9. The molecule has 1 amide bonds. The van der Waals surface area contributed by atoms with Crippen LogP contribution in [-0.4, -0.2) is 30.4 Å². The minimum atomic E-state index is -0.290. The number of anilines is 1. The molecule has 3 saturated heterocycles. The SMILES string of the molecule is O=C(C=C1C2CC3CC1CN(C3)C2)Nc1ccc(F)cc1.